The number of methoxy groups -OCH3 is 1. The maximum Gasteiger partial charge on any atom is 0.274 e. The zero-order chi connectivity index (χ0) is 18.7. The van der Waals surface area contributed by atoms with Gasteiger partial charge in [0.05, 0.1) is 18.1 Å². The number of carbonyl (C=O) groups excluding carboxylic acids is 1. The fourth-order valence-electron chi connectivity index (χ4n) is 2.71. The number of carbonyl (C=O) groups is 1. The van der Waals surface area contributed by atoms with Gasteiger partial charge < -0.3 is 14.6 Å². The molecule has 26 heavy (non-hydrogen) atoms. The Morgan fingerprint density at radius 1 is 1.31 bits per heavy atom. The van der Waals surface area contributed by atoms with Gasteiger partial charge in [0.25, 0.3) is 11.5 Å². The predicted octanol–water partition coefficient (Wildman–Crippen LogP) is 1.37. The molecule has 0 aliphatic heterocycles. The molecule has 2 heterocycles. The van der Waals surface area contributed by atoms with Crippen molar-refractivity contribution in [2.75, 3.05) is 20.2 Å². The first-order valence-corrected chi connectivity index (χ1v) is 8.38. The molecule has 136 valence electrons. The van der Waals surface area contributed by atoms with Crippen molar-refractivity contribution in [3.05, 3.63) is 52.2 Å². The van der Waals surface area contributed by atoms with Gasteiger partial charge in [0, 0.05) is 38.7 Å². The van der Waals surface area contributed by atoms with Crippen LogP contribution in [0.4, 0.5) is 0 Å². The molecule has 2 aromatic heterocycles. The lowest BCUT2D eigenvalue weighted by Gasteiger charge is -2.19. The number of nitrogens with zero attached hydrogens (tertiary/aromatic N) is 4. The number of amides is 1. The maximum atomic E-state index is 12.6. The van der Waals surface area contributed by atoms with E-state index in [0.717, 1.165) is 27.3 Å². The molecule has 0 unspecified atom stereocenters. The second-order valence-corrected chi connectivity index (χ2v) is 5.88. The van der Waals surface area contributed by atoms with E-state index >= 15 is 0 Å². The fourth-order valence-corrected chi connectivity index (χ4v) is 2.71. The molecule has 0 fully saturated rings. The van der Waals surface area contributed by atoms with Gasteiger partial charge >= 0.3 is 0 Å². The summed E-state index contributed by atoms with van der Waals surface area (Å²) in [5.41, 5.74) is 1.76. The number of aromatic nitrogens is 4. The number of nitrogens with one attached hydrogen (secondary N) is 1. The standard InChI is InChI=1S/C18H21N5O3/c1-4-23(18(25)14-7-8-17(24)22(2)21-14)10-9-16-19-13-6-5-12(26-3)11-15(13)20-16/h5-8,11H,4,9-10H2,1-3H3,(H,19,20). The molecule has 0 aliphatic rings. The molecule has 8 heteroatoms. The van der Waals surface area contributed by atoms with Gasteiger partial charge in [-0.05, 0) is 25.1 Å². The Bertz CT molecular complexity index is 992. The minimum Gasteiger partial charge on any atom is -0.497 e. The average molecular weight is 355 g/mol. The number of fused-ring (bicyclic) bond motifs is 1. The van der Waals surface area contributed by atoms with Crippen molar-refractivity contribution in [2.24, 2.45) is 7.05 Å². The molecule has 0 atom stereocenters. The zero-order valence-corrected chi connectivity index (χ0v) is 15.0. The minimum absolute atomic E-state index is 0.208. The molecular weight excluding hydrogens is 334 g/mol. The summed E-state index contributed by atoms with van der Waals surface area (Å²) >= 11 is 0. The highest BCUT2D eigenvalue weighted by atomic mass is 16.5. The lowest BCUT2D eigenvalue weighted by molar-refractivity contribution is 0.0757. The molecule has 1 aromatic carbocycles. The van der Waals surface area contributed by atoms with E-state index < -0.39 is 0 Å². The second-order valence-electron chi connectivity index (χ2n) is 5.88. The lowest BCUT2D eigenvalue weighted by atomic mass is 10.3. The molecule has 1 N–H and O–H groups in total. The summed E-state index contributed by atoms with van der Waals surface area (Å²) in [5.74, 6) is 1.35. The number of hydrogen-bond donors (Lipinski definition) is 1. The van der Waals surface area contributed by atoms with Crippen LogP contribution in [-0.4, -0.2) is 50.8 Å². The third-order valence-electron chi connectivity index (χ3n) is 4.21. The van der Waals surface area contributed by atoms with Crippen LogP contribution in [0.15, 0.2) is 35.1 Å². The summed E-state index contributed by atoms with van der Waals surface area (Å²) in [6.45, 7) is 2.94. The molecular formula is C18H21N5O3. The lowest BCUT2D eigenvalue weighted by Crippen LogP contribution is -2.35. The van der Waals surface area contributed by atoms with E-state index in [9.17, 15) is 9.59 Å². The molecule has 0 aliphatic carbocycles. The number of hydrogen-bond acceptors (Lipinski definition) is 5. The molecule has 1 amide bonds. The number of H-pyrrole nitrogens is 1. The Morgan fingerprint density at radius 2 is 2.12 bits per heavy atom. The number of aryl methyl sites for hydroxylation is 1. The monoisotopic (exact) mass is 355 g/mol. The number of ether oxygens (including phenoxy) is 1. The van der Waals surface area contributed by atoms with Crippen molar-refractivity contribution < 1.29 is 9.53 Å². The Balaban J connectivity index is 1.73. The van der Waals surface area contributed by atoms with E-state index in [1.807, 2.05) is 25.1 Å². The molecule has 0 saturated carbocycles. The smallest absolute Gasteiger partial charge is 0.274 e. The summed E-state index contributed by atoms with van der Waals surface area (Å²) < 4.78 is 6.37. The molecule has 0 bridgehead atoms. The maximum absolute atomic E-state index is 12.6. The van der Waals surface area contributed by atoms with Crippen LogP contribution in [0.3, 0.4) is 0 Å². The number of likely N-dealkylation sites (N-methyl/N-ethyl adjacent to an activating group) is 1. The van der Waals surface area contributed by atoms with Crippen LogP contribution in [0, 0.1) is 0 Å². The normalized spacial score (nSPS) is 10.9. The van der Waals surface area contributed by atoms with Gasteiger partial charge in [-0.2, -0.15) is 5.10 Å². The highest BCUT2D eigenvalue weighted by Gasteiger charge is 2.17. The summed E-state index contributed by atoms with van der Waals surface area (Å²) in [5, 5.41) is 4.03. The summed E-state index contributed by atoms with van der Waals surface area (Å²) in [6.07, 6.45) is 0.586. The Kier molecular flexibility index (Phi) is 5.01. The Hall–Kier alpha value is -3.16. The van der Waals surface area contributed by atoms with Crippen LogP contribution in [0.1, 0.15) is 23.2 Å². The van der Waals surface area contributed by atoms with E-state index in [0.29, 0.717) is 19.5 Å². The highest BCUT2D eigenvalue weighted by molar-refractivity contribution is 5.92. The number of rotatable bonds is 6. The summed E-state index contributed by atoms with van der Waals surface area (Å²) in [6, 6.07) is 8.45. The van der Waals surface area contributed by atoms with Gasteiger partial charge in [0.2, 0.25) is 0 Å². The van der Waals surface area contributed by atoms with Gasteiger partial charge in [-0.3, -0.25) is 9.59 Å². The van der Waals surface area contributed by atoms with E-state index in [2.05, 4.69) is 15.1 Å². The van der Waals surface area contributed by atoms with Crippen LogP contribution < -0.4 is 10.3 Å². The summed E-state index contributed by atoms with van der Waals surface area (Å²) in [4.78, 5) is 33.5. The van der Waals surface area contributed by atoms with Crippen LogP contribution in [-0.2, 0) is 13.5 Å². The van der Waals surface area contributed by atoms with Crippen molar-refractivity contribution >= 4 is 16.9 Å². The van der Waals surface area contributed by atoms with Gasteiger partial charge in [0.15, 0.2) is 0 Å². The van der Waals surface area contributed by atoms with E-state index in [1.165, 1.54) is 19.2 Å². The molecule has 3 rings (SSSR count). The summed E-state index contributed by atoms with van der Waals surface area (Å²) in [7, 11) is 3.15. The minimum atomic E-state index is -0.248. The van der Waals surface area contributed by atoms with E-state index in [-0.39, 0.29) is 17.2 Å². The van der Waals surface area contributed by atoms with Gasteiger partial charge in [-0.15, -0.1) is 0 Å². The molecule has 0 radical (unpaired) electrons. The van der Waals surface area contributed by atoms with Crippen molar-refractivity contribution in [1.29, 1.82) is 0 Å². The number of aromatic amines is 1. The van der Waals surface area contributed by atoms with Gasteiger partial charge in [-0.1, -0.05) is 0 Å². The first-order valence-electron chi connectivity index (χ1n) is 8.38. The van der Waals surface area contributed by atoms with Crippen LogP contribution in [0.25, 0.3) is 11.0 Å². The van der Waals surface area contributed by atoms with Crippen LogP contribution in [0.2, 0.25) is 0 Å². The number of benzene rings is 1. The molecule has 8 nitrogen and oxygen atoms in total. The van der Waals surface area contributed by atoms with Gasteiger partial charge in [0.1, 0.15) is 17.3 Å². The van der Waals surface area contributed by atoms with Crippen molar-refractivity contribution in [3.63, 3.8) is 0 Å². The molecule has 3 aromatic rings. The zero-order valence-electron chi connectivity index (χ0n) is 15.0. The van der Waals surface area contributed by atoms with Crippen molar-refractivity contribution in [1.82, 2.24) is 24.6 Å². The fraction of sp³-hybridized carbons (Fsp3) is 0.333. The van der Waals surface area contributed by atoms with E-state index in [4.69, 9.17) is 4.74 Å². The predicted molar refractivity (Wildman–Crippen MR) is 97.4 cm³/mol. The van der Waals surface area contributed by atoms with Gasteiger partial charge in [-0.25, -0.2) is 9.67 Å². The quantitative estimate of drug-likeness (QED) is 0.721. The van der Waals surface area contributed by atoms with Crippen molar-refractivity contribution in [3.8, 4) is 5.75 Å². The highest BCUT2D eigenvalue weighted by Crippen LogP contribution is 2.19. The van der Waals surface area contributed by atoms with E-state index in [1.54, 1.807) is 12.0 Å². The topological polar surface area (TPSA) is 93.1 Å². The average Bonchev–Trinajstić information content (AvgIpc) is 3.06. The SMILES string of the molecule is CCN(CCc1nc2ccc(OC)cc2[nH]1)C(=O)c1ccc(=O)n(C)n1. The molecule has 0 spiro atoms. The van der Waals surface area contributed by atoms with Crippen molar-refractivity contribution in [2.45, 2.75) is 13.3 Å². The molecule has 0 saturated heterocycles. The largest absolute Gasteiger partial charge is 0.497 e. The third-order valence-corrected chi connectivity index (χ3v) is 4.21. The Morgan fingerprint density at radius 3 is 2.81 bits per heavy atom. The first-order chi connectivity index (χ1) is 12.5. The van der Waals surface area contributed by atoms with Crippen LogP contribution in [0.5, 0.6) is 5.75 Å². The second kappa shape index (κ2) is 7.38. The Labute approximate surface area is 150 Å². The van der Waals surface area contributed by atoms with Crippen LogP contribution >= 0.6 is 0 Å². The number of imidazole rings is 1. The third kappa shape index (κ3) is 3.58. The first kappa shape index (κ1) is 17.7.